The molecule has 118 valence electrons. The highest BCUT2D eigenvalue weighted by atomic mass is 35.5. The van der Waals surface area contributed by atoms with E-state index in [4.69, 9.17) is 16.3 Å². The lowest BCUT2D eigenvalue weighted by Crippen LogP contribution is -2.14. The van der Waals surface area contributed by atoms with E-state index in [0.29, 0.717) is 34.4 Å². The van der Waals surface area contributed by atoms with Gasteiger partial charge in [0.2, 0.25) is 0 Å². The molecule has 2 aromatic rings. The molecule has 0 radical (unpaired) electrons. The highest BCUT2D eigenvalue weighted by Gasteiger charge is 2.25. The third-order valence-electron chi connectivity index (χ3n) is 3.60. The first-order valence-electron chi connectivity index (χ1n) is 6.86. The van der Waals surface area contributed by atoms with E-state index in [0.717, 1.165) is 6.42 Å². The fourth-order valence-electron chi connectivity index (χ4n) is 2.52. The van der Waals surface area contributed by atoms with E-state index in [1.165, 1.54) is 18.6 Å². The average Bonchev–Trinajstić information content (AvgIpc) is 3.08. The minimum atomic E-state index is -2.71. The zero-order chi connectivity index (χ0) is 15.7. The van der Waals surface area contributed by atoms with E-state index in [9.17, 15) is 13.9 Å². The third-order valence-corrected chi connectivity index (χ3v) is 3.80. The van der Waals surface area contributed by atoms with Gasteiger partial charge in [-0.3, -0.25) is 0 Å². The molecule has 0 aliphatic heterocycles. The Bertz CT molecular complexity index is 665. The van der Waals surface area contributed by atoms with Gasteiger partial charge in [-0.1, -0.05) is 11.6 Å². The second-order valence-corrected chi connectivity index (χ2v) is 5.58. The van der Waals surface area contributed by atoms with Gasteiger partial charge in [0.25, 0.3) is 0 Å². The number of aliphatic hydroxyl groups excluding tert-OH is 1. The van der Waals surface area contributed by atoms with Gasteiger partial charge in [0.05, 0.1) is 12.3 Å². The Kier molecular flexibility index (Phi) is 4.26. The van der Waals surface area contributed by atoms with E-state index in [2.05, 4.69) is 10.1 Å². The fourth-order valence-corrected chi connectivity index (χ4v) is 2.66. The lowest BCUT2D eigenvalue weighted by molar-refractivity contribution is 0.0566. The van der Waals surface area contributed by atoms with Crippen LogP contribution in [0.3, 0.4) is 0 Å². The zero-order valence-corrected chi connectivity index (χ0v) is 12.2. The maximum Gasteiger partial charge on any atom is 0.333 e. The molecule has 1 N–H and O–H groups in total. The number of ether oxygens (including phenoxy) is 1. The minimum Gasteiger partial charge on any atom is -0.490 e. The van der Waals surface area contributed by atoms with Crippen LogP contribution in [0.2, 0.25) is 5.15 Å². The predicted molar refractivity (Wildman–Crippen MR) is 76.0 cm³/mol. The Balaban J connectivity index is 1.89. The molecular formula is C14H14ClF2N3O2. The molecule has 2 aromatic heterocycles. The Morgan fingerprint density at radius 3 is 2.82 bits per heavy atom. The van der Waals surface area contributed by atoms with Gasteiger partial charge >= 0.3 is 6.55 Å². The van der Waals surface area contributed by atoms with Crippen LogP contribution < -0.4 is 4.74 Å². The van der Waals surface area contributed by atoms with Gasteiger partial charge in [-0.25, -0.2) is 9.67 Å². The van der Waals surface area contributed by atoms with E-state index in [-0.39, 0.29) is 17.4 Å². The van der Waals surface area contributed by atoms with Gasteiger partial charge in [0.1, 0.15) is 17.0 Å². The van der Waals surface area contributed by atoms with Gasteiger partial charge in [-0.2, -0.15) is 13.9 Å². The van der Waals surface area contributed by atoms with Crippen molar-refractivity contribution in [2.24, 2.45) is 0 Å². The minimum absolute atomic E-state index is 0.127. The maximum atomic E-state index is 12.6. The molecule has 0 amide bonds. The second-order valence-electron chi connectivity index (χ2n) is 5.20. The number of rotatable bonds is 4. The van der Waals surface area contributed by atoms with Crippen LogP contribution in [0, 0.1) is 0 Å². The molecule has 0 spiro atoms. The van der Waals surface area contributed by atoms with Gasteiger partial charge in [0, 0.05) is 36.0 Å². The number of aliphatic hydroxyl groups is 1. The molecule has 22 heavy (non-hydrogen) atoms. The van der Waals surface area contributed by atoms with Crippen LogP contribution in [0.5, 0.6) is 5.75 Å². The van der Waals surface area contributed by atoms with E-state index >= 15 is 0 Å². The van der Waals surface area contributed by atoms with E-state index in [1.54, 1.807) is 6.07 Å². The maximum absolute atomic E-state index is 12.6. The molecule has 0 saturated heterocycles. The number of hydrogen-bond donors (Lipinski definition) is 1. The molecule has 1 saturated carbocycles. The molecule has 2 heterocycles. The lowest BCUT2D eigenvalue weighted by Gasteiger charge is -2.16. The molecule has 0 aromatic carbocycles. The van der Waals surface area contributed by atoms with E-state index in [1.807, 2.05) is 0 Å². The third kappa shape index (κ3) is 3.20. The number of alkyl halides is 2. The first kappa shape index (κ1) is 15.2. The smallest absolute Gasteiger partial charge is 0.333 e. The summed E-state index contributed by atoms with van der Waals surface area (Å²) in [6.45, 7) is -2.71. The van der Waals surface area contributed by atoms with Gasteiger partial charge in [0.15, 0.2) is 0 Å². The standard InChI is InChI=1S/C14H14ClF2N3O2/c15-13-4-12(22-10-2-1-9(21)3-10)11(6-18-13)8-5-19-20(7-8)14(16)17/h4-7,9-10,14,21H,1-3H2. The van der Waals surface area contributed by atoms with Gasteiger partial charge < -0.3 is 9.84 Å². The summed E-state index contributed by atoms with van der Waals surface area (Å²) in [5.74, 6) is 0.452. The number of pyridine rings is 1. The van der Waals surface area contributed by atoms with Crippen molar-refractivity contribution < 1.29 is 18.6 Å². The normalized spacial score (nSPS) is 21.5. The fraction of sp³-hybridized carbons (Fsp3) is 0.429. The predicted octanol–water partition coefficient (Wildman–Crippen LogP) is 3.29. The van der Waals surface area contributed by atoms with Crippen LogP contribution >= 0.6 is 11.6 Å². The number of hydrogen-bond acceptors (Lipinski definition) is 4. The number of aromatic nitrogens is 3. The summed E-state index contributed by atoms with van der Waals surface area (Å²) in [4.78, 5) is 3.97. The highest BCUT2D eigenvalue weighted by Crippen LogP contribution is 2.34. The zero-order valence-electron chi connectivity index (χ0n) is 11.5. The van der Waals surface area contributed by atoms with Crippen molar-refractivity contribution in [2.45, 2.75) is 38.0 Å². The van der Waals surface area contributed by atoms with Crippen LogP contribution in [-0.2, 0) is 0 Å². The molecular weight excluding hydrogens is 316 g/mol. The molecule has 1 aliphatic rings. The number of halogens is 3. The molecule has 2 unspecified atom stereocenters. The molecule has 1 fully saturated rings. The van der Waals surface area contributed by atoms with Crippen LogP contribution in [0.1, 0.15) is 25.8 Å². The quantitative estimate of drug-likeness (QED) is 0.874. The summed E-state index contributed by atoms with van der Waals surface area (Å²) in [7, 11) is 0. The van der Waals surface area contributed by atoms with Crippen molar-refractivity contribution in [3.8, 4) is 16.9 Å². The van der Waals surface area contributed by atoms with Crippen molar-refractivity contribution in [3.63, 3.8) is 0 Å². The van der Waals surface area contributed by atoms with Crippen LogP contribution in [0.4, 0.5) is 8.78 Å². The van der Waals surface area contributed by atoms with Crippen molar-refractivity contribution in [1.82, 2.24) is 14.8 Å². The van der Waals surface area contributed by atoms with Crippen LogP contribution in [-0.4, -0.2) is 32.1 Å². The van der Waals surface area contributed by atoms with Gasteiger partial charge in [-0.15, -0.1) is 0 Å². The van der Waals surface area contributed by atoms with E-state index < -0.39 is 6.55 Å². The molecule has 0 bridgehead atoms. The van der Waals surface area contributed by atoms with Crippen molar-refractivity contribution in [2.75, 3.05) is 0 Å². The molecule has 1 aliphatic carbocycles. The largest absolute Gasteiger partial charge is 0.490 e. The first-order chi connectivity index (χ1) is 10.5. The Morgan fingerprint density at radius 1 is 1.36 bits per heavy atom. The Labute approximate surface area is 130 Å². The van der Waals surface area contributed by atoms with Crippen LogP contribution in [0.15, 0.2) is 24.7 Å². The Morgan fingerprint density at radius 2 is 2.18 bits per heavy atom. The second kappa shape index (κ2) is 6.18. The first-order valence-corrected chi connectivity index (χ1v) is 7.23. The van der Waals surface area contributed by atoms with Crippen molar-refractivity contribution in [1.29, 1.82) is 0 Å². The molecule has 5 nitrogen and oxygen atoms in total. The van der Waals surface area contributed by atoms with Crippen molar-refractivity contribution in [3.05, 3.63) is 29.8 Å². The SMILES string of the molecule is OC1CCC(Oc2cc(Cl)ncc2-c2cnn(C(F)F)c2)C1. The summed E-state index contributed by atoms with van der Waals surface area (Å²) < 4.78 is 31.7. The lowest BCUT2D eigenvalue weighted by atomic mass is 10.1. The molecule has 2 atom stereocenters. The number of nitrogens with zero attached hydrogens (tertiary/aromatic N) is 3. The molecule has 3 rings (SSSR count). The highest BCUT2D eigenvalue weighted by molar-refractivity contribution is 6.29. The monoisotopic (exact) mass is 329 g/mol. The van der Waals surface area contributed by atoms with Crippen LogP contribution in [0.25, 0.3) is 11.1 Å². The summed E-state index contributed by atoms with van der Waals surface area (Å²) in [6, 6.07) is 1.54. The molecule has 8 heteroatoms. The summed E-state index contributed by atoms with van der Waals surface area (Å²) in [5, 5.41) is 13.4. The Hall–Kier alpha value is -1.73. The van der Waals surface area contributed by atoms with Crippen molar-refractivity contribution >= 4 is 11.6 Å². The summed E-state index contributed by atoms with van der Waals surface area (Å²) >= 11 is 5.89. The topological polar surface area (TPSA) is 60.2 Å². The summed E-state index contributed by atoms with van der Waals surface area (Å²) in [6.07, 6.45) is 5.48. The van der Waals surface area contributed by atoms with Gasteiger partial charge in [-0.05, 0) is 12.8 Å². The summed E-state index contributed by atoms with van der Waals surface area (Å²) in [5.41, 5.74) is 1.01. The average molecular weight is 330 g/mol.